The van der Waals surface area contributed by atoms with Crippen LogP contribution in [0.15, 0.2) is 36.4 Å². The molecule has 0 amide bonds. The second kappa shape index (κ2) is 5.61. The lowest BCUT2D eigenvalue weighted by Crippen LogP contribution is -2.13. The normalized spacial score (nSPS) is 14.0. The monoisotopic (exact) mass is 289 g/mol. The van der Waals surface area contributed by atoms with Gasteiger partial charge in [-0.05, 0) is 42.3 Å². The first-order valence-corrected chi connectivity index (χ1v) is 6.71. The maximum absolute atomic E-state index is 13.2. The third-order valence-electron chi connectivity index (χ3n) is 3.47. The van der Waals surface area contributed by atoms with Crippen molar-refractivity contribution in [1.29, 1.82) is 0 Å². The summed E-state index contributed by atoms with van der Waals surface area (Å²) in [6.45, 7) is 2.37. The Morgan fingerprint density at radius 3 is 2.86 bits per heavy atom. The highest BCUT2D eigenvalue weighted by atomic mass is 19.1. The third-order valence-corrected chi connectivity index (χ3v) is 3.47. The number of hydrogen-bond donors (Lipinski definition) is 2. The van der Waals surface area contributed by atoms with Crippen LogP contribution in [0.1, 0.15) is 17.2 Å². The molecule has 5 heteroatoms. The van der Waals surface area contributed by atoms with Crippen LogP contribution in [0.2, 0.25) is 0 Å². The number of aryl methyl sites for hydroxylation is 1. The lowest BCUT2D eigenvalue weighted by Gasteiger charge is -2.15. The molecule has 3 rings (SSSR count). The number of hydrogen-bond acceptors (Lipinski definition) is 4. The molecule has 0 saturated carbocycles. The molecule has 2 aromatic rings. The zero-order valence-electron chi connectivity index (χ0n) is 11.6. The zero-order valence-corrected chi connectivity index (χ0v) is 11.6. The molecule has 2 aromatic carbocycles. The summed E-state index contributed by atoms with van der Waals surface area (Å²) in [6.07, 6.45) is -0.720. The van der Waals surface area contributed by atoms with E-state index in [0.717, 1.165) is 11.1 Å². The van der Waals surface area contributed by atoms with Gasteiger partial charge in [-0.25, -0.2) is 4.39 Å². The Morgan fingerprint density at radius 2 is 2.00 bits per heavy atom. The fourth-order valence-corrected chi connectivity index (χ4v) is 2.23. The summed E-state index contributed by atoms with van der Waals surface area (Å²) in [7, 11) is 0. The largest absolute Gasteiger partial charge is 0.454 e. The molecule has 0 aliphatic carbocycles. The van der Waals surface area contributed by atoms with E-state index >= 15 is 0 Å². The van der Waals surface area contributed by atoms with Gasteiger partial charge < -0.3 is 19.9 Å². The number of benzene rings is 2. The quantitative estimate of drug-likeness (QED) is 0.908. The van der Waals surface area contributed by atoms with Crippen LogP contribution in [0.25, 0.3) is 0 Å². The van der Waals surface area contributed by atoms with Crippen molar-refractivity contribution >= 4 is 5.69 Å². The molecule has 1 unspecified atom stereocenters. The third kappa shape index (κ3) is 2.92. The molecule has 0 bridgehead atoms. The van der Waals surface area contributed by atoms with Gasteiger partial charge in [0.15, 0.2) is 11.5 Å². The van der Waals surface area contributed by atoms with Crippen molar-refractivity contribution in [3.8, 4) is 11.5 Å². The van der Waals surface area contributed by atoms with Gasteiger partial charge >= 0.3 is 0 Å². The molecule has 0 saturated heterocycles. The van der Waals surface area contributed by atoms with Crippen molar-refractivity contribution in [2.24, 2.45) is 0 Å². The summed E-state index contributed by atoms with van der Waals surface area (Å²) in [5, 5.41) is 13.3. The van der Waals surface area contributed by atoms with Crippen molar-refractivity contribution in [2.75, 3.05) is 18.7 Å². The van der Waals surface area contributed by atoms with Crippen molar-refractivity contribution in [2.45, 2.75) is 13.0 Å². The molecule has 1 aliphatic rings. The number of ether oxygens (including phenoxy) is 2. The van der Waals surface area contributed by atoms with Gasteiger partial charge in [0, 0.05) is 12.2 Å². The van der Waals surface area contributed by atoms with Gasteiger partial charge in [0.25, 0.3) is 0 Å². The van der Waals surface area contributed by atoms with E-state index in [4.69, 9.17) is 9.47 Å². The van der Waals surface area contributed by atoms with Crippen LogP contribution in [-0.4, -0.2) is 18.4 Å². The number of anilines is 1. The number of nitrogens with one attached hydrogen (secondary N) is 1. The summed E-state index contributed by atoms with van der Waals surface area (Å²) in [4.78, 5) is 0. The molecule has 0 fully saturated rings. The average molecular weight is 289 g/mol. The molecule has 4 nitrogen and oxygen atoms in total. The first-order chi connectivity index (χ1) is 10.1. The minimum absolute atomic E-state index is 0.204. The fraction of sp³-hybridized carbons (Fsp3) is 0.250. The predicted octanol–water partition coefficient (Wildman–Crippen LogP) is 3.01. The van der Waals surface area contributed by atoms with Crippen molar-refractivity contribution in [3.05, 3.63) is 53.3 Å². The topological polar surface area (TPSA) is 50.7 Å². The maximum atomic E-state index is 13.2. The van der Waals surface area contributed by atoms with Crippen molar-refractivity contribution in [1.82, 2.24) is 0 Å². The molecule has 2 N–H and O–H groups in total. The molecule has 21 heavy (non-hydrogen) atoms. The Bertz CT molecular complexity index is 660. The van der Waals surface area contributed by atoms with Gasteiger partial charge in [-0.1, -0.05) is 12.1 Å². The van der Waals surface area contributed by atoms with Crippen LogP contribution in [0.4, 0.5) is 10.1 Å². The van der Waals surface area contributed by atoms with Crippen LogP contribution in [0.3, 0.4) is 0 Å². The van der Waals surface area contributed by atoms with E-state index in [9.17, 15) is 9.50 Å². The highest BCUT2D eigenvalue weighted by Crippen LogP contribution is 2.34. The van der Waals surface area contributed by atoms with Crippen molar-refractivity contribution in [3.63, 3.8) is 0 Å². The molecule has 0 aromatic heterocycles. The second-order valence-electron chi connectivity index (χ2n) is 4.97. The maximum Gasteiger partial charge on any atom is 0.231 e. The molecular weight excluding hydrogens is 273 g/mol. The van der Waals surface area contributed by atoms with E-state index in [2.05, 4.69) is 5.32 Å². The van der Waals surface area contributed by atoms with E-state index in [1.54, 1.807) is 24.3 Å². The van der Waals surface area contributed by atoms with Gasteiger partial charge in [-0.3, -0.25) is 0 Å². The number of fused-ring (bicyclic) bond motifs is 1. The highest BCUT2D eigenvalue weighted by Gasteiger charge is 2.16. The van der Waals surface area contributed by atoms with Gasteiger partial charge in [0.05, 0.1) is 6.10 Å². The molecule has 110 valence electrons. The number of halogens is 1. The van der Waals surface area contributed by atoms with Gasteiger partial charge in [0.1, 0.15) is 5.82 Å². The lowest BCUT2D eigenvalue weighted by atomic mass is 10.1. The first-order valence-electron chi connectivity index (χ1n) is 6.71. The summed E-state index contributed by atoms with van der Waals surface area (Å²) in [5.41, 5.74) is 2.32. The molecule has 0 spiro atoms. The molecular formula is C16H16FNO3. The van der Waals surface area contributed by atoms with Gasteiger partial charge in [-0.15, -0.1) is 0 Å². The minimum Gasteiger partial charge on any atom is -0.454 e. The minimum atomic E-state index is -0.720. The van der Waals surface area contributed by atoms with Crippen LogP contribution in [0, 0.1) is 12.7 Å². The van der Waals surface area contributed by atoms with Crippen LogP contribution in [0.5, 0.6) is 11.5 Å². The van der Waals surface area contributed by atoms with Crippen molar-refractivity contribution < 1.29 is 19.0 Å². The summed E-state index contributed by atoms with van der Waals surface area (Å²) >= 11 is 0. The van der Waals surface area contributed by atoms with E-state index in [1.165, 1.54) is 12.1 Å². The first kappa shape index (κ1) is 13.7. The average Bonchev–Trinajstić information content (AvgIpc) is 2.95. The number of rotatable bonds is 4. The number of aliphatic hydroxyl groups excluding tert-OH is 1. The Morgan fingerprint density at radius 1 is 1.19 bits per heavy atom. The van der Waals surface area contributed by atoms with E-state index in [-0.39, 0.29) is 19.2 Å². The van der Waals surface area contributed by atoms with Gasteiger partial charge in [-0.2, -0.15) is 0 Å². The zero-order chi connectivity index (χ0) is 14.8. The summed E-state index contributed by atoms with van der Waals surface area (Å²) < 4.78 is 23.7. The van der Waals surface area contributed by atoms with Crippen LogP contribution >= 0.6 is 0 Å². The Kier molecular flexibility index (Phi) is 3.66. The molecule has 0 radical (unpaired) electrons. The molecule has 1 heterocycles. The Hall–Kier alpha value is -2.27. The molecule has 1 aliphatic heterocycles. The lowest BCUT2D eigenvalue weighted by molar-refractivity contribution is 0.173. The van der Waals surface area contributed by atoms with E-state index < -0.39 is 6.10 Å². The van der Waals surface area contributed by atoms with E-state index in [1.807, 2.05) is 6.92 Å². The standard InChI is InChI=1S/C16H16FNO3/c1-10-2-4-12(17)7-13(10)18-8-14(19)11-3-5-15-16(6-11)21-9-20-15/h2-7,14,18-19H,8-9H2,1H3. The Labute approximate surface area is 122 Å². The van der Waals surface area contributed by atoms with Gasteiger partial charge in [0.2, 0.25) is 6.79 Å². The van der Waals surface area contributed by atoms with E-state index in [0.29, 0.717) is 17.2 Å². The Balaban J connectivity index is 1.69. The fourth-order valence-electron chi connectivity index (χ4n) is 2.23. The number of aliphatic hydroxyl groups is 1. The SMILES string of the molecule is Cc1ccc(F)cc1NCC(O)c1ccc2c(c1)OCO2. The summed E-state index contributed by atoms with van der Waals surface area (Å²) in [6, 6.07) is 9.85. The smallest absolute Gasteiger partial charge is 0.231 e. The van der Waals surface area contributed by atoms with Crippen LogP contribution in [-0.2, 0) is 0 Å². The molecule has 1 atom stereocenters. The predicted molar refractivity (Wildman–Crippen MR) is 77.2 cm³/mol. The van der Waals surface area contributed by atoms with Crippen LogP contribution < -0.4 is 14.8 Å². The second-order valence-corrected chi connectivity index (χ2v) is 4.97. The highest BCUT2D eigenvalue weighted by molar-refractivity contribution is 5.51. The summed E-state index contributed by atoms with van der Waals surface area (Å²) in [5.74, 6) is 1.01.